The van der Waals surface area contributed by atoms with E-state index in [2.05, 4.69) is 5.32 Å². The van der Waals surface area contributed by atoms with Crippen molar-refractivity contribution in [2.75, 3.05) is 17.7 Å². The third-order valence-electron chi connectivity index (χ3n) is 1.86. The molecule has 1 atom stereocenters. The minimum Gasteiger partial charge on any atom is -0.506 e. The van der Waals surface area contributed by atoms with Crippen LogP contribution in [-0.2, 0) is 0 Å². The molecule has 78 valence electrons. The second-order valence-electron chi connectivity index (χ2n) is 3.21. The summed E-state index contributed by atoms with van der Waals surface area (Å²) in [7, 11) is 0. The summed E-state index contributed by atoms with van der Waals surface area (Å²) in [6.07, 6.45) is -0.600. The highest BCUT2D eigenvalue weighted by atomic mass is 35.5. The van der Waals surface area contributed by atoms with Crippen LogP contribution in [0.2, 0.25) is 0 Å². The average Bonchev–Trinajstić information content (AvgIpc) is 2.16. The Morgan fingerprint density at radius 2 is 2.21 bits per heavy atom. The highest BCUT2D eigenvalue weighted by Gasteiger charge is 2.04. The molecule has 0 aliphatic rings. The summed E-state index contributed by atoms with van der Waals surface area (Å²) in [6.45, 7) is 2.23. The molecule has 0 spiro atoms. The van der Waals surface area contributed by atoms with Gasteiger partial charge in [0.05, 0.1) is 17.7 Å². The summed E-state index contributed by atoms with van der Waals surface area (Å²) >= 11 is 5.43. The molecule has 4 heteroatoms. The summed E-state index contributed by atoms with van der Waals surface area (Å²) in [5, 5.41) is 21.6. The summed E-state index contributed by atoms with van der Waals surface area (Å²) in [6, 6.07) is 5.32. The average molecular weight is 216 g/mol. The SMILES string of the molecule is Cc1ccc(NCC(O)CCl)c(O)c1. The third-order valence-corrected chi connectivity index (χ3v) is 2.22. The van der Waals surface area contributed by atoms with Crippen LogP contribution in [0.4, 0.5) is 5.69 Å². The quantitative estimate of drug-likeness (QED) is 0.530. The lowest BCUT2D eigenvalue weighted by atomic mass is 10.2. The molecule has 1 aromatic rings. The van der Waals surface area contributed by atoms with Gasteiger partial charge in [0.25, 0.3) is 0 Å². The fourth-order valence-corrected chi connectivity index (χ4v) is 1.18. The second kappa shape index (κ2) is 5.08. The number of hydrogen-bond donors (Lipinski definition) is 3. The van der Waals surface area contributed by atoms with Gasteiger partial charge >= 0.3 is 0 Å². The lowest BCUT2D eigenvalue weighted by Gasteiger charge is -2.11. The molecule has 0 saturated heterocycles. The number of halogens is 1. The van der Waals surface area contributed by atoms with Gasteiger partial charge in [-0.05, 0) is 24.6 Å². The van der Waals surface area contributed by atoms with Gasteiger partial charge in [-0.15, -0.1) is 11.6 Å². The summed E-state index contributed by atoms with van der Waals surface area (Å²) in [5.41, 5.74) is 1.60. The van der Waals surface area contributed by atoms with Gasteiger partial charge in [-0.2, -0.15) is 0 Å². The van der Waals surface area contributed by atoms with Crippen LogP contribution in [-0.4, -0.2) is 28.7 Å². The molecule has 0 aliphatic heterocycles. The highest BCUT2D eigenvalue weighted by Crippen LogP contribution is 2.23. The summed E-state index contributed by atoms with van der Waals surface area (Å²) < 4.78 is 0. The first-order valence-electron chi connectivity index (χ1n) is 4.41. The van der Waals surface area contributed by atoms with Crippen molar-refractivity contribution in [3.8, 4) is 5.75 Å². The maximum atomic E-state index is 9.50. The monoisotopic (exact) mass is 215 g/mol. The van der Waals surface area contributed by atoms with E-state index in [1.54, 1.807) is 12.1 Å². The van der Waals surface area contributed by atoms with E-state index in [-0.39, 0.29) is 11.6 Å². The molecule has 0 radical (unpaired) electrons. The van der Waals surface area contributed by atoms with Crippen molar-refractivity contribution in [2.24, 2.45) is 0 Å². The van der Waals surface area contributed by atoms with Crippen LogP contribution in [0, 0.1) is 6.92 Å². The first-order chi connectivity index (χ1) is 6.63. The van der Waals surface area contributed by atoms with E-state index < -0.39 is 6.10 Å². The molecule has 0 bridgehead atoms. The standard InChI is InChI=1S/C10H14ClNO2/c1-7-2-3-9(10(14)4-7)12-6-8(13)5-11/h2-4,8,12-14H,5-6H2,1H3. The van der Waals surface area contributed by atoms with Gasteiger partial charge < -0.3 is 15.5 Å². The zero-order chi connectivity index (χ0) is 10.6. The van der Waals surface area contributed by atoms with Crippen LogP contribution in [0.1, 0.15) is 5.56 Å². The van der Waals surface area contributed by atoms with Crippen LogP contribution in [0.25, 0.3) is 0 Å². The Morgan fingerprint density at radius 3 is 2.79 bits per heavy atom. The molecule has 0 aliphatic carbocycles. The largest absolute Gasteiger partial charge is 0.506 e. The van der Waals surface area contributed by atoms with Crippen molar-refractivity contribution in [3.05, 3.63) is 23.8 Å². The van der Waals surface area contributed by atoms with Crippen molar-refractivity contribution < 1.29 is 10.2 Å². The molecule has 1 rings (SSSR count). The Labute approximate surface area is 88.3 Å². The van der Waals surface area contributed by atoms with Gasteiger partial charge in [-0.3, -0.25) is 0 Å². The molecule has 3 nitrogen and oxygen atoms in total. The van der Waals surface area contributed by atoms with Gasteiger partial charge in [-0.25, -0.2) is 0 Å². The van der Waals surface area contributed by atoms with E-state index in [0.717, 1.165) is 5.56 Å². The predicted octanol–water partition coefficient (Wildman–Crippen LogP) is 1.71. The minimum atomic E-state index is -0.600. The van der Waals surface area contributed by atoms with Crippen LogP contribution in [0.5, 0.6) is 5.75 Å². The molecular formula is C10H14ClNO2. The lowest BCUT2D eigenvalue weighted by molar-refractivity contribution is 0.211. The first kappa shape index (κ1) is 11.1. The Kier molecular flexibility index (Phi) is 4.04. The molecule has 0 saturated carbocycles. The van der Waals surface area contributed by atoms with Crippen molar-refractivity contribution in [2.45, 2.75) is 13.0 Å². The molecular weight excluding hydrogens is 202 g/mol. The number of phenolic OH excluding ortho intramolecular Hbond substituents is 1. The van der Waals surface area contributed by atoms with E-state index in [0.29, 0.717) is 12.2 Å². The fourth-order valence-electron chi connectivity index (χ4n) is 1.07. The van der Waals surface area contributed by atoms with E-state index >= 15 is 0 Å². The molecule has 0 aromatic heterocycles. The molecule has 0 amide bonds. The molecule has 1 unspecified atom stereocenters. The van der Waals surface area contributed by atoms with E-state index in [9.17, 15) is 10.2 Å². The number of aliphatic hydroxyl groups is 1. The highest BCUT2D eigenvalue weighted by molar-refractivity contribution is 6.18. The number of benzene rings is 1. The molecule has 14 heavy (non-hydrogen) atoms. The fraction of sp³-hybridized carbons (Fsp3) is 0.400. The van der Waals surface area contributed by atoms with Crippen molar-refractivity contribution in [3.63, 3.8) is 0 Å². The number of aryl methyl sites for hydroxylation is 1. The van der Waals surface area contributed by atoms with Gasteiger partial charge in [0, 0.05) is 6.54 Å². The van der Waals surface area contributed by atoms with Crippen LogP contribution in [0.3, 0.4) is 0 Å². The Balaban J connectivity index is 2.59. The zero-order valence-corrected chi connectivity index (χ0v) is 8.75. The molecule has 1 aromatic carbocycles. The van der Waals surface area contributed by atoms with Gasteiger partial charge in [0.15, 0.2) is 0 Å². The van der Waals surface area contributed by atoms with Crippen molar-refractivity contribution in [1.29, 1.82) is 0 Å². The normalized spacial score (nSPS) is 12.5. The van der Waals surface area contributed by atoms with Gasteiger partial charge in [-0.1, -0.05) is 6.07 Å². The Morgan fingerprint density at radius 1 is 1.50 bits per heavy atom. The van der Waals surface area contributed by atoms with E-state index in [1.165, 1.54) is 0 Å². The van der Waals surface area contributed by atoms with Crippen LogP contribution < -0.4 is 5.32 Å². The number of aromatic hydroxyl groups is 1. The van der Waals surface area contributed by atoms with Gasteiger partial charge in [0.1, 0.15) is 5.75 Å². The van der Waals surface area contributed by atoms with E-state index in [1.807, 2.05) is 13.0 Å². The van der Waals surface area contributed by atoms with Crippen LogP contribution in [0.15, 0.2) is 18.2 Å². The zero-order valence-electron chi connectivity index (χ0n) is 8.00. The Bertz CT molecular complexity index is 304. The first-order valence-corrected chi connectivity index (χ1v) is 4.94. The van der Waals surface area contributed by atoms with Crippen molar-refractivity contribution in [1.82, 2.24) is 0 Å². The van der Waals surface area contributed by atoms with E-state index in [4.69, 9.17) is 11.6 Å². The summed E-state index contributed by atoms with van der Waals surface area (Å²) in [4.78, 5) is 0. The molecule has 0 fully saturated rings. The maximum Gasteiger partial charge on any atom is 0.138 e. The number of rotatable bonds is 4. The third kappa shape index (κ3) is 3.09. The topological polar surface area (TPSA) is 52.5 Å². The van der Waals surface area contributed by atoms with Crippen molar-refractivity contribution >= 4 is 17.3 Å². The minimum absolute atomic E-state index is 0.180. The van der Waals surface area contributed by atoms with Gasteiger partial charge in [0.2, 0.25) is 0 Å². The Hall–Kier alpha value is -0.930. The number of phenols is 1. The molecule has 3 N–H and O–H groups in total. The predicted molar refractivity (Wildman–Crippen MR) is 58.1 cm³/mol. The second-order valence-corrected chi connectivity index (χ2v) is 3.52. The number of nitrogens with one attached hydrogen (secondary N) is 1. The number of alkyl halides is 1. The smallest absolute Gasteiger partial charge is 0.138 e. The number of anilines is 1. The molecule has 0 heterocycles. The lowest BCUT2D eigenvalue weighted by Crippen LogP contribution is -2.20. The number of hydrogen-bond acceptors (Lipinski definition) is 3. The number of aliphatic hydroxyl groups excluding tert-OH is 1. The van der Waals surface area contributed by atoms with Crippen LogP contribution >= 0.6 is 11.6 Å². The summed E-state index contributed by atoms with van der Waals surface area (Å²) in [5.74, 6) is 0.367. The maximum absolute atomic E-state index is 9.50.